The van der Waals surface area contributed by atoms with E-state index in [0.29, 0.717) is 31.8 Å². The molecular formula is C20H28N4O3. The van der Waals surface area contributed by atoms with Gasteiger partial charge in [-0.1, -0.05) is 6.07 Å². The van der Waals surface area contributed by atoms with Gasteiger partial charge in [0.2, 0.25) is 0 Å². The zero-order valence-corrected chi connectivity index (χ0v) is 16.7. The average molecular weight is 372 g/mol. The summed E-state index contributed by atoms with van der Waals surface area (Å²) < 4.78 is 12.8. The SMILES string of the molecule is COCCn1nc2c(c1C(=O)NCc1ccc(C)c(C)n1)C[C@H](C)O[C@@H]2C. The molecule has 0 saturated heterocycles. The van der Waals surface area contributed by atoms with Gasteiger partial charge >= 0.3 is 0 Å². The lowest BCUT2D eigenvalue weighted by Crippen LogP contribution is -2.29. The fourth-order valence-corrected chi connectivity index (χ4v) is 3.42. The van der Waals surface area contributed by atoms with Crippen LogP contribution in [0.25, 0.3) is 0 Å². The van der Waals surface area contributed by atoms with E-state index in [0.717, 1.165) is 28.2 Å². The number of carbonyl (C=O) groups excluding carboxylic acids is 1. The maximum atomic E-state index is 13.0. The molecule has 1 amide bonds. The Labute approximate surface area is 160 Å². The molecule has 0 radical (unpaired) electrons. The van der Waals surface area contributed by atoms with Crippen molar-refractivity contribution in [2.45, 2.75) is 59.4 Å². The molecule has 0 unspecified atom stereocenters. The van der Waals surface area contributed by atoms with Gasteiger partial charge in [-0.3, -0.25) is 14.5 Å². The highest BCUT2D eigenvalue weighted by Gasteiger charge is 2.32. The van der Waals surface area contributed by atoms with Gasteiger partial charge in [-0.05, 0) is 39.3 Å². The molecule has 3 heterocycles. The van der Waals surface area contributed by atoms with E-state index in [1.54, 1.807) is 11.8 Å². The number of aryl methyl sites for hydroxylation is 2. The first kappa shape index (κ1) is 19.5. The molecule has 1 aliphatic heterocycles. The molecule has 2 atom stereocenters. The quantitative estimate of drug-likeness (QED) is 0.843. The first-order valence-electron chi connectivity index (χ1n) is 9.36. The van der Waals surface area contributed by atoms with Crippen molar-refractivity contribution < 1.29 is 14.3 Å². The number of hydrogen-bond acceptors (Lipinski definition) is 5. The van der Waals surface area contributed by atoms with Crippen molar-refractivity contribution in [2.24, 2.45) is 0 Å². The predicted octanol–water partition coefficient (Wildman–Crippen LogP) is 2.49. The number of fused-ring (bicyclic) bond motifs is 1. The number of methoxy groups -OCH3 is 1. The second-order valence-electron chi connectivity index (χ2n) is 7.11. The van der Waals surface area contributed by atoms with E-state index in [-0.39, 0.29) is 18.1 Å². The summed E-state index contributed by atoms with van der Waals surface area (Å²) in [5, 5.41) is 7.64. The molecule has 27 heavy (non-hydrogen) atoms. The van der Waals surface area contributed by atoms with E-state index in [1.165, 1.54) is 0 Å². The number of hydrogen-bond donors (Lipinski definition) is 1. The van der Waals surface area contributed by atoms with Gasteiger partial charge in [0.15, 0.2) is 0 Å². The maximum Gasteiger partial charge on any atom is 0.270 e. The number of ether oxygens (including phenoxy) is 2. The normalized spacial score (nSPS) is 19.0. The standard InChI is InChI=1S/C20H28N4O3/c1-12-6-7-16(22-14(12)3)11-21-20(25)19-17-10-13(2)27-15(4)18(17)23-24(19)8-9-26-5/h6-7,13,15H,8-11H2,1-5H3,(H,21,25)/t13-,15+/m0/s1. The minimum absolute atomic E-state index is 0.0561. The van der Waals surface area contributed by atoms with Gasteiger partial charge < -0.3 is 14.8 Å². The predicted molar refractivity (Wildman–Crippen MR) is 102 cm³/mol. The molecule has 0 bridgehead atoms. The first-order chi connectivity index (χ1) is 12.9. The highest BCUT2D eigenvalue weighted by molar-refractivity contribution is 5.94. The Kier molecular flexibility index (Phi) is 5.92. The lowest BCUT2D eigenvalue weighted by atomic mass is 9.99. The monoisotopic (exact) mass is 372 g/mol. The maximum absolute atomic E-state index is 13.0. The minimum atomic E-state index is -0.138. The third-order valence-corrected chi connectivity index (χ3v) is 4.95. The van der Waals surface area contributed by atoms with Crippen LogP contribution in [0.3, 0.4) is 0 Å². The molecule has 0 aliphatic carbocycles. The minimum Gasteiger partial charge on any atom is -0.383 e. The topological polar surface area (TPSA) is 78.3 Å². The van der Waals surface area contributed by atoms with Crippen LogP contribution in [0.2, 0.25) is 0 Å². The number of pyridine rings is 1. The summed E-state index contributed by atoms with van der Waals surface area (Å²) in [7, 11) is 1.64. The van der Waals surface area contributed by atoms with Crippen LogP contribution in [-0.2, 0) is 29.0 Å². The number of amides is 1. The molecule has 0 aromatic carbocycles. The molecule has 7 nitrogen and oxygen atoms in total. The van der Waals surface area contributed by atoms with Gasteiger partial charge in [0.1, 0.15) is 5.69 Å². The molecule has 1 N–H and O–H groups in total. The summed E-state index contributed by atoms with van der Waals surface area (Å²) in [6.45, 7) is 9.39. The Morgan fingerprint density at radius 3 is 2.85 bits per heavy atom. The van der Waals surface area contributed by atoms with E-state index in [2.05, 4.69) is 15.4 Å². The van der Waals surface area contributed by atoms with Crippen LogP contribution < -0.4 is 5.32 Å². The summed E-state index contributed by atoms with van der Waals surface area (Å²) in [5.41, 5.74) is 5.38. The van der Waals surface area contributed by atoms with Crippen LogP contribution in [0.15, 0.2) is 12.1 Å². The average Bonchev–Trinajstić information content (AvgIpc) is 2.99. The van der Waals surface area contributed by atoms with E-state index in [9.17, 15) is 4.79 Å². The highest BCUT2D eigenvalue weighted by atomic mass is 16.5. The van der Waals surface area contributed by atoms with Crippen molar-refractivity contribution in [3.63, 3.8) is 0 Å². The second kappa shape index (κ2) is 8.19. The van der Waals surface area contributed by atoms with Crippen molar-refractivity contribution in [3.05, 3.63) is 46.0 Å². The summed E-state index contributed by atoms with van der Waals surface area (Å²) >= 11 is 0. The summed E-state index contributed by atoms with van der Waals surface area (Å²) in [4.78, 5) is 17.6. The molecule has 1 aliphatic rings. The number of nitrogens with one attached hydrogen (secondary N) is 1. The van der Waals surface area contributed by atoms with Crippen molar-refractivity contribution in [1.82, 2.24) is 20.1 Å². The Balaban J connectivity index is 1.84. The Morgan fingerprint density at radius 1 is 1.37 bits per heavy atom. The molecule has 146 valence electrons. The number of carbonyl (C=O) groups is 1. The second-order valence-corrected chi connectivity index (χ2v) is 7.11. The third kappa shape index (κ3) is 4.20. The molecule has 0 fully saturated rings. The molecule has 3 rings (SSSR count). The van der Waals surface area contributed by atoms with Gasteiger partial charge in [-0.2, -0.15) is 5.10 Å². The zero-order valence-electron chi connectivity index (χ0n) is 16.7. The fraction of sp³-hybridized carbons (Fsp3) is 0.550. The van der Waals surface area contributed by atoms with Gasteiger partial charge in [-0.25, -0.2) is 0 Å². The fourth-order valence-electron chi connectivity index (χ4n) is 3.42. The highest BCUT2D eigenvalue weighted by Crippen LogP contribution is 2.31. The smallest absolute Gasteiger partial charge is 0.270 e. The lowest BCUT2D eigenvalue weighted by molar-refractivity contribution is -0.00716. The number of nitrogens with zero attached hydrogens (tertiary/aromatic N) is 3. The Hall–Kier alpha value is -2.25. The van der Waals surface area contributed by atoms with Gasteiger partial charge in [0.25, 0.3) is 5.91 Å². The van der Waals surface area contributed by atoms with Crippen LogP contribution in [-0.4, -0.2) is 40.5 Å². The van der Waals surface area contributed by atoms with Crippen molar-refractivity contribution >= 4 is 5.91 Å². The van der Waals surface area contributed by atoms with Crippen molar-refractivity contribution in [2.75, 3.05) is 13.7 Å². The van der Waals surface area contributed by atoms with E-state index >= 15 is 0 Å². The molecule has 2 aromatic heterocycles. The van der Waals surface area contributed by atoms with Crippen LogP contribution in [0.5, 0.6) is 0 Å². The Bertz CT molecular complexity index is 831. The molecule has 7 heteroatoms. The van der Waals surface area contributed by atoms with Crippen LogP contribution >= 0.6 is 0 Å². The van der Waals surface area contributed by atoms with E-state index in [1.807, 2.05) is 39.8 Å². The third-order valence-electron chi connectivity index (χ3n) is 4.95. The van der Waals surface area contributed by atoms with E-state index < -0.39 is 0 Å². The summed E-state index contributed by atoms with van der Waals surface area (Å²) in [6, 6.07) is 3.97. The number of rotatable bonds is 6. The van der Waals surface area contributed by atoms with Crippen LogP contribution in [0.1, 0.15) is 58.6 Å². The number of aromatic nitrogens is 3. The Morgan fingerprint density at radius 2 is 2.15 bits per heavy atom. The molecular weight excluding hydrogens is 344 g/mol. The van der Waals surface area contributed by atoms with Crippen LogP contribution in [0.4, 0.5) is 0 Å². The van der Waals surface area contributed by atoms with E-state index in [4.69, 9.17) is 9.47 Å². The van der Waals surface area contributed by atoms with Crippen molar-refractivity contribution in [3.8, 4) is 0 Å². The zero-order chi connectivity index (χ0) is 19.6. The molecule has 2 aromatic rings. The largest absolute Gasteiger partial charge is 0.383 e. The summed E-state index contributed by atoms with van der Waals surface area (Å²) in [5.74, 6) is -0.138. The van der Waals surface area contributed by atoms with Crippen LogP contribution in [0, 0.1) is 13.8 Å². The van der Waals surface area contributed by atoms with Gasteiger partial charge in [0, 0.05) is 24.8 Å². The first-order valence-corrected chi connectivity index (χ1v) is 9.36. The molecule has 0 saturated carbocycles. The molecule has 0 spiro atoms. The lowest BCUT2D eigenvalue weighted by Gasteiger charge is -2.24. The van der Waals surface area contributed by atoms with Gasteiger partial charge in [0.05, 0.1) is 43.3 Å². The summed E-state index contributed by atoms with van der Waals surface area (Å²) in [6.07, 6.45) is 0.609. The van der Waals surface area contributed by atoms with Gasteiger partial charge in [-0.15, -0.1) is 0 Å². The van der Waals surface area contributed by atoms with Crippen molar-refractivity contribution in [1.29, 1.82) is 0 Å².